The number of hydrogen-bond acceptors (Lipinski definition) is 3. The van der Waals surface area contributed by atoms with Crippen LogP contribution in [0.3, 0.4) is 0 Å². The summed E-state index contributed by atoms with van der Waals surface area (Å²) in [6.45, 7) is 11.0. The second-order valence-electron chi connectivity index (χ2n) is 5.63. The summed E-state index contributed by atoms with van der Waals surface area (Å²) in [6.07, 6.45) is 0.824. The number of halogens is 1. The molecule has 0 spiro atoms. The third-order valence-electron chi connectivity index (χ3n) is 4.07. The quantitative estimate of drug-likeness (QED) is 0.896. The lowest BCUT2D eigenvalue weighted by Crippen LogP contribution is -2.45. The highest BCUT2D eigenvalue weighted by atomic mass is 35.5. The van der Waals surface area contributed by atoms with Crippen LogP contribution in [0.2, 0.25) is 0 Å². The summed E-state index contributed by atoms with van der Waals surface area (Å²) in [7, 11) is 0. The molecule has 0 saturated carbocycles. The van der Waals surface area contributed by atoms with Gasteiger partial charge in [0, 0.05) is 38.8 Å². The number of piperazine rings is 1. The fraction of sp³-hybridized carbons (Fsp3) is 0.625. The van der Waals surface area contributed by atoms with E-state index in [9.17, 15) is 5.11 Å². The van der Waals surface area contributed by atoms with Crippen LogP contribution in [0.25, 0.3) is 0 Å². The molecule has 3 nitrogen and oxygen atoms in total. The Bertz CT molecular complexity index is 407. The molecule has 1 aliphatic rings. The van der Waals surface area contributed by atoms with Crippen molar-refractivity contribution in [2.45, 2.75) is 33.2 Å². The van der Waals surface area contributed by atoms with Crippen molar-refractivity contribution in [2.24, 2.45) is 0 Å². The van der Waals surface area contributed by atoms with Crippen LogP contribution < -0.4 is 5.32 Å². The topological polar surface area (TPSA) is 35.5 Å². The van der Waals surface area contributed by atoms with Crippen LogP contribution in [0, 0.1) is 20.8 Å². The highest BCUT2D eigenvalue weighted by molar-refractivity contribution is 5.85. The molecule has 0 unspecified atom stereocenters. The van der Waals surface area contributed by atoms with E-state index in [4.69, 9.17) is 0 Å². The molecule has 0 aromatic heterocycles. The lowest BCUT2D eigenvalue weighted by Gasteiger charge is -2.36. The minimum Gasteiger partial charge on any atom is -0.396 e. The van der Waals surface area contributed by atoms with Crippen molar-refractivity contribution in [3.8, 4) is 0 Å². The lowest BCUT2D eigenvalue weighted by atomic mass is 9.91. The Morgan fingerprint density at radius 1 is 1.15 bits per heavy atom. The molecule has 0 aliphatic carbocycles. The van der Waals surface area contributed by atoms with Gasteiger partial charge in [0.05, 0.1) is 0 Å². The predicted octanol–water partition coefficient (Wildman–Crippen LogP) is 2.36. The Morgan fingerprint density at radius 3 is 2.20 bits per heavy atom. The standard InChI is InChI=1S/C16H26N2O.ClH/c1-12-10-13(2)16(14(3)11-12)15(4-9-19)18-7-5-17-6-8-18;/h10-11,15,17,19H,4-9H2,1-3H3;1H/t15-;/m0./s1. The average Bonchev–Trinajstić information content (AvgIpc) is 2.37. The van der Waals surface area contributed by atoms with Gasteiger partial charge in [-0.3, -0.25) is 4.90 Å². The van der Waals surface area contributed by atoms with Crippen molar-refractivity contribution in [3.05, 3.63) is 34.4 Å². The summed E-state index contributed by atoms with van der Waals surface area (Å²) in [5, 5.41) is 12.8. The number of aliphatic hydroxyl groups excluding tert-OH is 1. The molecular formula is C16H27ClN2O. The molecule has 1 saturated heterocycles. The van der Waals surface area contributed by atoms with Gasteiger partial charge >= 0.3 is 0 Å². The summed E-state index contributed by atoms with van der Waals surface area (Å²) in [4.78, 5) is 2.51. The van der Waals surface area contributed by atoms with Gasteiger partial charge in [-0.05, 0) is 43.9 Å². The van der Waals surface area contributed by atoms with Crippen LogP contribution in [0.1, 0.15) is 34.7 Å². The van der Waals surface area contributed by atoms with Crippen LogP contribution >= 0.6 is 12.4 Å². The van der Waals surface area contributed by atoms with Gasteiger partial charge in [0.25, 0.3) is 0 Å². The molecule has 0 radical (unpaired) electrons. The lowest BCUT2D eigenvalue weighted by molar-refractivity contribution is 0.140. The minimum atomic E-state index is 0. The molecule has 1 heterocycles. The van der Waals surface area contributed by atoms with E-state index in [1.54, 1.807) is 0 Å². The monoisotopic (exact) mass is 298 g/mol. The fourth-order valence-electron chi connectivity index (χ4n) is 3.34. The molecule has 0 amide bonds. The zero-order valence-corrected chi connectivity index (χ0v) is 13.6. The Morgan fingerprint density at radius 2 is 1.70 bits per heavy atom. The van der Waals surface area contributed by atoms with Crippen molar-refractivity contribution in [3.63, 3.8) is 0 Å². The van der Waals surface area contributed by atoms with E-state index < -0.39 is 0 Å². The van der Waals surface area contributed by atoms with Gasteiger partial charge in [-0.15, -0.1) is 12.4 Å². The van der Waals surface area contributed by atoms with Crippen molar-refractivity contribution in [2.75, 3.05) is 32.8 Å². The van der Waals surface area contributed by atoms with Crippen LogP contribution in [0.15, 0.2) is 12.1 Å². The Labute approximate surface area is 128 Å². The van der Waals surface area contributed by atoms with Gasteiger partial charge < -0.3 is 10.4 Å². The molecule has 114 valence electrons. The first-order chi connectivity index (χ1) is 9.13. The van der Waals surface area contributed by atoms with E-state index in [1.165, 1.54) is 22.3 Å². The van der Waals surface area contributed by atoms with Crippen molar-refractivity contribution >= 4 is 12.4 Å². The predicted molar refractivity (Wildman–Crippen MR) is 86.8 cm³/mol. The number of rotatable bonds is 4. The number of benzene rings is 1. The SMILES string of the molecule is Cc1cc(C)c([C@H](CCO)N2CCNCC2)c(C)c1.Cl. The molecule has 1 aliphatic heterocycles. The summed E-state index contributed by atoms with van der Waals surface area (Å²) >= 11 is 0. The smallest absolute Gasteiger partial charge is 0.0449 e. The first-order valence-electron chi connectivity index (χ1n) is 7.27. The van der Waals surface area contributed by atoms with E-state index in [0.29, 0.717) is 6.04 Å². The fourth-order valence-corrected chi connectivity index (χ4v) is 3.34. The zero-order chi connectivity index (χ0) is 13.8. The van der Waals surface area contributed by atoms with Crippen molar-refractivity contribution in [1.82, 2.24) is 10.2 Å². The molecule has 1 aromatic carbocycles. The maximum Gasteiger partial charge on any atom is 0.0449 e. The molecule has 1 fully saturated rings. The van der Waals surface area contributed by atoms with Gasteiger partial charge in [-0.25, -0.2) is 0 Å². The van der Waals surface area contributed by atoms with E-state index >= 15 is 0 Å². The zero-order valence-electron chi connectivity index (χ0n) is 12.8. The van der Waals surface area contributed by atoms with Crippen LogP contribution in [-0.4, -0.2) is 42.8 Å². The molecule has 1 atom stereocenters. The summed E-state index contributed by atoms with van der Waals surface area (Å²) in [5.74, 6) is 0. The minimum absolute atomic E-state index is 0. The van der Waals surface area contributed by atoms with Crippen LogP contribution in [0.4, 0.5) is 0 Å². The van der Waals surface area contributed by atoms with Crippen molar-refractivity contribution < 1.29 is 5.11 Å². The third kappa shape index (κ3) is 3.95. The number of hydrogen-bond donors (Lipinski definition) is 2. The van der Waals surface area contributed by atoms with Gasteiger partial charge in [0.15, 0.2) is 0 Å². The van der Waals surface area contributed by atoms with E-state index in [2.05, 4.69) is 43.1 Å². The molecule has 20 heavy (non-hydrogen) atoms. The molecule has 1 aromatic rings. The summed E-state index contributed by atoms with van der Waals surface area (Å²) in [5.41, 5.74) is 5.45. The largest absolute Gasteiger partial charge is 0.396 e. The Hall–Kier alpha value is -0.610. The maximum atomic E-state index is 9.42. The maximum absolute atomic E-state index is 9.42. The first kappa shape index (κ1) is 17.4. The highest BCUT2D eigenvalue weighted by Crippen LogP contribution is 2.30. The van der Waals surface area contributed by atoms with E-state index in [-0.39, 0.29) is 19.0 Å². The Balaban J connectivity index is 0.00000200. The number of nitrogens with one attached hydrogen (secondary N) is 1. The van der Waals surface area contributed by atoms with Crippen LogP contribution in [-0.2, 0) is 0 Å². The second kappa shape index (κ2) is 7.99. The molecular weight excluding hydrogens is 272 g/mol. The first-order valence-corrected chi connectivity index (χ1v) is 7.27. The molecule has 4 heteroatoms. The van der Waals surface area contributed by atoms with E-state index in [0.717, 1.165) is 32.6 Å². The normalized spacial score (nSPS) is 17.6. The Kier molecular flexibility index (Phi) is 6.96. The number of nitrogens with zero attached hydrogens (tertiary/aromatic N) is 1. The molecule has 0 bridgehead atoms. The third-order valence-corrected chi connectivity index (χ3v) is 4.07. The van der Waals surface area contributed by atoms with Crippen molar-refractivity contribution in [1.29, 1.82) is 0 Å². The number of aliphatic hydroxyl groups is 1. The summed E-state index contributed by atoms with van der Waals surface area (Å²) < 4.78 is 0. The van der Waals surface area contributed by atoms with E-state index in [1.807, 2.05) is 0 Å². The number of aryl methyl sites for hydroxylation is 3. The van der Waals surface area contributed by atoms with Gasteiger partial charge in [0.1, 0.15) is 0 Å². The van der Waals surface area contributed by atoms with Gasteiger partial charge in [-0.2, -0.15) is 0 Å². The van der Waals surface area contributed by atoms with Crippen LogP contribution in [0.5, 0.6) is 0 Å². The molecule has 2 N–H and O–H groups in total. The summed E-state index contributed by atoms with van der Waals surface area (Å²) in [6, 6.07) is 4.87. The second-order valence-corrected chi connectivity index (χ2v) is 5.63. The van der Waals surface area contributed by atoms with Gasteiger partial charge in [0.2, 0.25) is 0 Å². The average molecular weight is 299 g/mol. The highest BCUT2D eigenvalue weighted by Gasteiger charge is 2.24. The molecule has 2 rings (SSSR count). The van der Waals surface area contributed by atoms with Gasteiger partial charge in [-0.1, -0.05) is 17.7 Å².